The van der Waals surface area contributed by atoms with Crippen molar-refractivity contribution in [1.82, 2.24) is 14.3 Å². The Labute approximate surface area is 155 Å². The number of nitrogens with zero attached hydrogens (tertiary/aromatic N) is 3. The molecule has 5 nitrogen and oxygen atoms in total. The maximum Gasteiger partial charge on any atom is 0.261 e. The highest BCUT2D eigenvalue weighted by Crippen LogP contribution is 2.21. The number of carbonyl (C=O) groups excluding carboxylic acids is 1. The molecule has 27 heavy (non-hydrogen) atoms. The molecule has 0 aliphatic heterocycles. The van der Waals surface area contributed by atoms with Crippen LogP contribution in [-0.2, 0) is 0 Å². The number of aryl methyl sites for hydroxylation is 1. The van der Waals surface area contributed by atoms with Gasteiger partial charge in [-0.25, -0.2) is 9.07 Å². The third-order valence-electron chi connectivity index (χ3n) is 4.20. The summed E-state index contributed by atoms with van der Waals surface area (Å²) in [4.78, 5) is 12.9. The molecule has 6 heteroatoms. The van der Waals surface area contributed by atoms with Gasteiger partial charge in [-0.3, -0.25) is 4.79 Å². The number of halogens is 1. The van der Waals surface area contributed by atoms with Crippen molar-refractivity contribution in [1.29, 1.82) is 0 Å². The number of nitrogens with one attached hydrogen (secondary N) is 1. The van der Waals surface area contributed by atoms with E-state index in [1.165, 1.54) is 18.3 Å². The van der Waals surface area contributed by atoms with E-state index < -0.39 is 0 Å². The van der Waals surface area contributed by atoms with E-state index in [0.717, 1.165) is 5.56 Å². The SMILES string of the molecule is Cc1ccc(NC(=O)c2cnn(-c3cccc(F)c3)c2-n2cccc2)cc1. The third kappa shape index (κ3) is 3.37. The zero-order chi connectivity index (χ0) is 18.8. The number of rotatable bonds is 4. The van der Waals surface area contributed by atoms with E-state index in [4.69, 9.17) is 0 Å². The van der Waals surface area contributed by atoms with Gasteiger partial charge < -0.3 is 9.88 Å². The first-order valence-electron chi connectivity index (χ1n) is 8.47. The lowest BCUT2D eigenvalue weighted by Gasteiger charge is -2.11. The van der Waals surface area contributed by atoms with Crippen LogP contribution >= 0.6 is 0 Å². The third-order valence-corrected chi connectivity index (χ3v) is 4.20. The van der Waals surface area contributed by atoms with Crippen molar-refractivity contribution in [2.45, 2.75) is 6.92 Å². The molecule has 0 aliphatic carbocycles. The average Bonchev–Trinajstić information content (AvgIpc) is 3.32. The first kappa shape index (κ1) is 16.8. The quantitative estimate of drug-likeness (QED) is 0.588. The predicted molar refractivity (Wildman–Crippen MR) is 102 cm³/mol. The fourth-order valence-electron chi connectivity index (χ4n) is 2.86. The molecule has 0 saturated carbocycles. The summed E-state index contributed by atoms with van der Waals surface area (Å²) in [5.41, 5.74) is 2.73. The van der Waals surface area contributed by atoms with Crippen molar-refractivity contribution in [3.63, 3.8) is 0 Å². The van der Waals surface area contributed by atoms with E-state index in [1.807, 2.05) is 55.7 Å². The van der Waals surface area contributed by atoms with Crippen LogP contribution < -0.4 is 5.32 Å². The highest BCUT2D eigenvalue weighted by Gasteiger charge is 2.20. The van der Waals surface area contributed by atoms with Crippen molar-refractivity contribution in [2.24, 2.45) is 0 Å². The number of aromatic nitrogens is 3. The second-order valence-corrected chi connectivity index (χ2v) is 6.18. The minimum absolute atomic E-state index is 0.287. The standard InChI is InChI=1S/C21H17FN4O/c1-15-7-9-17(10-8-15)24-20(27)19-14-23-26(18-6-4-5-16(22)13-18)21(19)25-11-2-3-12-25/h2-14H,1H3,(H,24,27). The fourth-order valence-corrected chi connectivity index (χ4v) is 2.86. The normalized spacial score (nSPS) is 10.7. The molecule has 0 saturated heterocycles. The monoisotopic (exact) mass is 360 g/mol. The predicted octanol–water partition coefficient (Wildman–Crippen LogP) is 4.36. The number of hydrogen-bond donors (Lipinski definition) is 1. The topological polar surface area (TPSA) is 51.9 Å². The summed E-state index contributed by atoms with van der Waals surface area (Å²) in [6, 6.07) is 17.4. The number of anilines is 1. The van der Waals surface area contributed by atoms with Gasteiger partial charge in [0.1, 0.15) is 11.4 Å². The molecule has 4 rings (SSSR count). The Morgan fingerprint density at radius 1 is 1.04 bits per heavy atom. The van der Waals surface area contributed by atoms with Gasteiger partial charge in [0.2, 0.25) is 0 Å². The van der Waals surface area contributed by atoms with E-state index in [1.54, 1.807) is 21.4 Å². The Hall–Kier alpha value is -3.67. The van der Waals surface area contributed by atoms with Crippen LogP contribution in [0.5, 0.6) is 0 Å². The molecule has 2 heterocycles. The van der Waals surface area contributed by atoms with Gasteiger partial charge in [0.25, 0.3) is 5.91 Å². The number of carbonyl (C=O) groups is 1. The smallest absolute Gasteiger partial charge is 0.261 e. The van der Waals surface area contributed by atoms with Crippen LogP contribution in [0.1, 0.15) is 15.9 Å². The van der Waals surface area contributed by atoms with Gasteiger partial charge in [-0.05, 0) is 49.4 Å². The molecule has 134 valence electrons. The lowest BCUT2D eigenvalue weighted by Crippen LogP contribution is -2.15. The summed E-state index contributed by atoms with van der Waals surface area (Å²) in [6.45, 7) is 1.98. The maximum absolute atomic E-state index is 13.7. The van der Waals surface area contributed by atoms with Crippen molar-refractivity contribution < 1.29 is 9.18 Å². The molecule has 1 amide bonds. The molecular formula is C21H17FN4O. The van der Waals surface area contributed by atoms with E-state index in [9.17, 15) is 9.18 Å². The van der Waals surface area contributed by atoms with Gasteiger partial charge in [-0.15, -0.1) is 0 Å². The van der Waals surface area contributed by atoms with Crippen molar-refractivity contribution in [2.75, 3.05) is 5.32 Å². The second-order valence-electron chi connectivity index (χ2n) is 6.18. The molecule has 0 radical (unpaired) electrons. The highest BCUT2D eigenvalue weighted by atomic mass is 19.1. The summed E-state index contributed by atoms with van der Waals surface area (Å²) in [5, 5.41) is 7.21. The summed E-state index contributed by atoms with van der Waals surface area (Å²) in [7, 11) is 0. The Kier molecular flexibility index (Phi) is 4.30. The second kappa shape index (κ2) is 6.92. The zero-order valence-corrected chi connectivity index (χ0v) is 14.6. The van der Waals surface area contributed by atoms with Crippen LogP contribution in [0, 0.1) is 12.7 Å². The molecule has 0 spiro atoms. The molecule has 0 atom stereocenters. The fraction of sp³-hybridized carbons (Fsp3) is 0.0476. The number of hydrogen-bond acceptors (Lipinski definition) is 2. The van der Waals surface area contributed by atoms with Gasteiger partial charge >= 0.3 is 0 Å². The van der Waals surface area contributed by atoms with Crippen molar-refractivity contribution in [3.8, 4) is 11.5 Å². The molecular weight excluding hydrogens is 343 g/mol. The van der Waals surface area contributed by atoms with Crippen LogP contribution in [0.25, 0.3) is 11.5 Å². The molecule has 1 N–H and O–H groups in total. The van der Waals surface area contributed by atoms with Crippen LogP contribution in [0.4, 0.5) is 10.1 Å². The van der Waals surface area contributed by atoms with Gasteiger partial charge in [-0.1, -0.05) is 23.8 Å². The molecule has 0 aliphatic rings. The lowest BCUT2D eigenvalue weighted by molar-refractivity contribution is 0.102. The van der Waals surface area contributed by atoms with E-state index in [0.29, 0.717) is 22.8 Å². The van der Waals surface area contributed by atoms with Crippen molar-refractivity contribution >= 4 is 11.6 Å². The van der Waals surface area contributed by atoms with E-state index in [-0.39, 0.29) is 11.7 Å². The van der Waals surface area contributed by atoms with Gasteiger partial charge in [0.05, 0.1) is 11.9 Å². The molecule has 2 aromatic heterocycles. The van der Waals surface area contributed by atoms with Crippen LogP contribution in [0.2, 0.25) is 0 Å². The number of benzene rings is 2. The Bertz CT molecular complexity index is 1080. The first-order valence-corrected chi connectivity index (χ1v) is 8.47. The zero-order valence-electron chi connectivity index (χ0n) is 14.6. The minimum Gasteiger partial charge on any atom is -0.322 e. The Balaban J connectivity index is 1.77. The summed E-state index contributed by atoms with van der Waals surface area (Å²) in [6.07, 6.45) is 5.12. The van der Waals surface area contributed by atoms with Gasteiger partial charge in [0, 0.05) is 18.1 Å². The lowest BCUT2D eigenvalue weighted by atomic mass is 10.2. The van der Waals surface area contributed by atoms with Gasteiger partial charge in [-0.2, -0.15) is 5.10 Å². The van der Waals surface area contributed by atoms with E-state index in [2.05, 4.69) is 10.4 Å². The van der Waals surface area contributed by atoms with Crippen LogP contribution in [0.15, 0.2) is 79.3 Å². The minimum atomic E-state index is -0.368. The summed E-state index contributed by atoms with van der Waals surface area (Å²) < 4.78 is 17.0. The molecule has 0 fully saturated rings. The largest absolute Gasteiger partial charge is 0.322 e. The Morgan fingerprint density at radius 2 is 1.78 bits per heavy atom. The van der Waals surface area contributed by atoms with Crippen molar-refractivity contribution in [3.05, 3.63) is 96.2 Å². The van der Waals surface area contributed by atoms with Crippen LogP contribution in [-0.4, -0.2) is 20.3 Å². The van der Waals surface area contributed by atoms with Crippen LogP contribution in [0.3, 0.4) is 0 Å². The number of amides is 1. The molecule has 2 aromatic carbocycles. The summed E-state index contributed by atoms with van der Waals surface area (Å²) in [5.74, 6) is -0.118. The average molecular weight is 360 g/mol. The molecule has 0 bridgehead atoms. The van der Waals surface area contributed by atoms with E-state index >= 15 is 0 Å². The summed E-state index contributed by atoms with van der Waals surface area (Å²) >= 11 is 0. The highest BCUT2D eigenvalue weighted by molar-refractivity contribution is 6.06. The maximum atomic E-state index is 13.7. The first-order chi connectivity index (χ1) is 13.1. The molecule has 4 aromatic rings. The molecule has 0 unspecified atom stereocenters. The van der Waals surface area contributed by atoms with Gasteiger partial charge in [0.15, 0.2) is 5.82 Å². The Morgan fingerprint density at radius 3 is 2.48 bits per heavy atom.